The van der Waals surface area contributed by atoms with Gasteiger partial charge in [0.1, 0.15) is 5.52 Å². The highest BCUT2D eigenvalue weighted by molar-refractivity contribution is 5.84. The first-order chi connectivity index (χ1) is 12.8. The van der Waals surface area contributed by atoms with E-state index in [0.717, 1.165) is 45.4 Å². The fourth-order valence-corrected chi connectivity index (χ4v) is 3.20. The molecule has 26 heavy (non-hydrogen) atoms. The normalized spacial score (nSPS) is 12.5. The molecular weight excluding hydrogens is 328 g/mol. The van der Waals surface area contributed by atoms with Gasteiger partial charge in [-0.3, -0.25) is 9.55 Å². The number of nitrogens with one attached hydrogen (secondary N) is 1. The molecule has 128 valence electrons. The van der Waals surface area contributed by atoms with Gasteiger partial charge >= 0.3 is 0 Å². The maximum atomic E-state index is 5.49. The minimum absolute atomic E-state index is 0.261. The maximum Gasteiger partial charge on any atom is 0.231 e. The number of nitrogens with zero attached hydrogens (tertiary/aromatic N) is 3. The Morgan fingerprint density at radius 1 is 1.00 bits per heavy atom. The van der Waals surface area contributed by atoms with Crippen molar-refractivity contribution in [3.63, 3.8) is 0 Å². The van der Waals surface area contributed by atoms with Crippen LogP contribution in [-0.4, -0.2) is 28.4 Å². The van der Waals surface area contributed by atoms with Crippen molar-refractivity contribution in [3.8, 4) is 28.4 Å². The number of benzene rings is 2. The third-order valence-electron chi connectivity index (χ3n) is 4.45. The molecule has 0 atom stereocenters. The summed E-state index contributed by atoms with van der Waals surface area (Å²) < 4.78 is 13.0. The monoisotopic (exact) mass is 344 g/mol. The molecule has 0 saturated heterocycles. The van der Waals surface area contributed by atoms with Gasteiger partial charge in [-0.2, -0.15) is 0 Å². The predicted octanol–water partition coefficient (Wildman–Crippen LogP) is 3.86. The van der Waals surface area contributed by atoms with Crippen molar-refractivity contribution in [1.82, 2.24) is 14.5 Å². The summed E-state index contributed by atoms with van der Waals surface area (Å²) >= 11 is 0. The number of para-hydroxylation sites is 1. The zero-order chi connectivity index (χ0) is 17.5. The Morgan fingerprint density at radius 3 is 2.69 bits per heavy atom. The van der Waals surface area contributed by atoms with E-state index in [2.05, 4.69) is 32.0 Å². The van der Waals surface area contributed by atoms with Crippen LogP contribution in [0.4, 0.5) is 5.95 Å². The molecule has 0 aliphatic carbocycles. The number of anilines is 1. The summed E-state index contributed by atoms with van der Waals surface area (Å²) in [4.78, 5) is 9.23. The number of fused-ring (bicyclic) bond motifs is 2. The number of pyridine rings is 1. The molecule has 2 aromatic heterocycles. The zero-order valence-corrected chi connectivity index (χ0v) is 14.1. The molecular formula is C20H16N4O2. The van der Waals surface area contributed by atoms with Crippen LogP contribution < -0.4 is 14.8 Å². The molecule has 2 aromatic carbocycles. The zero-order valence-electron chi connectivity index (χ0n) is 14.1. The van der Waals surface area contributed by atoms with Crippen LogP contribution in [0.15, 0.2) is 60.8 Å². The lowest BCUT2D eigenvalue weighted by Gasteiger charge is -2.09. The molecule has 6 nitrogen and oxygen atoms in total. The number of ether oxygens (including phenoxy) is 2. The molecule has 1 aliphatic heterocycles. The number of hydrogen-bond donors (Lipinski definition) is 1. The van der Waals surface area contributed by atoms with Crippen LogP contribution in [0.3, 0.4) is 0 Å². The third-order valence-corrected chi connectivity index (χ3v) is 4.45. The van der Waals surface area contributed by atoms with Crippen molar-refractivity contribution in [3.05, 3.63) is 60.8 Å². The molecule has 0 bridgehead atoms. The standard InChI is InChI=1S/C20H16N4O2/c1-21-20-23-16-11-22-15(13-7-8-18-19(9-13)26-12-25-18)10-17(16)24(20)14-5-3-2-4-6-14/h2-11H,12H2,1H3,(H,21,23). The molecule has 0 fully saturated rings. The fourth-order valence-electron chi connectivity index (χ4n) is 3.20. The maximum absolute atomic E-state index is 5.49. The molecule has 0 saturated carbocycles. The second kappa shape index (κ2) is 5.77. The van der Waals surface area contributed by atoms with Crippen molar-refractivity contribution in [2.75, 3.05) is 19.2 Å². The Morgan fingerprint density at radius 2 is 1.85 bits per heavy atom. The van der Waals surface area contributed by atoms with Crippen LogP contribution in [0.1, 0.15) is 0 Å². The van der Waals surface area contributed by atoms with E-state index >= 15 is 0 Å². The highest BCUT2D eigenvalue weighted by Crippen LogP contribution is 2.36. The third kappa shape index (κ3) is 2.27. The molecule has 5 rings (SSSR count). The summed E-state index contributed by atoms with van der Waals surface area (Å²) in [7, 11) is 1.87. The summed E-state index contributed by atoms with van der Waals surface area (Å²) in [5.41, 5.74) is 4.70. The first-order valence-electron chi connectivity index (χ1n) is 8.35. The van der Waals surface area contributed by atoms with Gasteiger partial charge in [-0.05, 0) is 36.4 Å². The molecule has 6 heteroatoms. The van der Waals surface area contributed by atoms with Crippen LogP contribution in [0.25, 0.3) is 28.0 Å². The van der Waals surface area contributed by atoms with Crippen molar-refractivity contribution in [2.24, 2.45) is 0 Å². The Kier molecular flexibility index (Phi) is 3.28. The Labute approximate surface area is 150 Å². The van der Waals surface area contributed by atoms with Gasteiger partial charge in [0.2, 0.25) is 12.7 Å². The van der Waals surface area contributed by atoms with Crippen LogP contribution in [-0.2, 0) is 0 Å². The van der Waals surface area contributed by atoms with E-state index in [1.165, 1.54) is 0 Å². The van der Waals surface area contributed by atoms with Crippen molar-refractivity contribution in [1.29, 1.82) is 0 Å². The van der Waals surface area contributed by atoms with Crippen LogP contribution >= 0.6 is 0 Å². The minimum atomic E-state index is 0.261. The molecule has 0 unspecified atom stereocenters. The van der Waals surface area contributed by atoms with E-state index in [9.17, 15) is 0 Å². The number of aromatic nitrogens is 3. The Hall–Kier alpha value is -3.54. The Bertz CT molecular complexity index is 1110. The van der Waals surface area contributed by atoms with E-state index in [-0.39, 0.29) is 6.79 Å². The first-order valence-corrected chi connectivity index (χ1v) is 8.35. The summed E-state index contributed by atoms with van der Waals surface area (Å²) in [6, 6.07) is 18.1. The van der Waals surface area contributed by atoms with E-state index in [1.807, 2.05) is 49.5 Å². The van der Waals surface area contributed by atoms with Crippen LogP contribution in [0.2, 0.25) is 0 Å². The van der Waals surface area contributed by atoms with E-state index in [4.69, 9.17) is 9.47 Å². The molecule has 0 spiro atoms. The number of rotatable bonds is 3. The van der Waals surface area contributed by atoms with Gasteiger partial charge in [0, 0.05) is 18.3 Å². The lowest BCUT2D eigenvalue weighted by molar-refractivity contribution is 0.174. The quantitative estimate of drug-likeness (QED) is 0.611. The van der Waals surface area contributed by atoms with Gasteiger partial charge < -0.3 is 14.8 Å². The van der Waals surface area contributed by atoms with Crippen molar-refractivity contribution < 1.29 is 9.47 Å². The smallest absolute Gasteiger partial charge is 0.231 e. The summed E-state index contributed by atoms with van der Waals surface area (Å²) in [6.07, 6.45) is 1.80. The van der Waals surface area contributed by atoms with Gasteiger partial charge in [0.25, 0.3) is 0 Å². The van der Waals surface area contributed by atoms with Crippen LogP contribution in [0.5, 0.6) is 11.5 Å². The highest BCUT2D eigenvalue weighted by atomic mass is 16.7. The van der Waals surface area contributed by atoms with E-state index in [1.54, 1.807) is 6.20 Å². The highest BCUT2D eigenvalue weighted by Gasteiger charge is 2.16. The molecule has 0 radical (unpaired) electrons. The van der Waals surface area contributed by atoms with E-state index in [0.29, 0.717) is 0 Å². The SMILES string of the molecule is CNc1nc2cnc(-c3ccc4c(c3)OCO4)cc2n1-c1ccccc1. The second-order valence-electron chi connectivity index (χ2n) is 5.98. The second-order valence-corrected chi connectivity index (χ2v) is 5.98. The summed E-state index contributed by atoms with van der Waals surface area (Å²) in [5, 5.41) is 3.16. The van der Waals surface area contributed by atoms with Crippen molar-refractivity contribution in [2.45, 2.75) is 0 Å². The van der Waals surface area contributed by atoms with Gasteiger partial charge in [0.15, 0.2) is 11.5 Å². The topological polar surface area (TPSA) is 61.2 Å². The average Bonchev–Trinajstić information content (AvgIpc) is 3.31. The Balaban J connectivity index is 1.70. The molecule has 3 heterocycles. The van der Waals surface area contributed by atoms with Gasteiger partial charge in [-0.15, -0.1) is 0 Å². The molecule has 1 N–H and O–H groups in total. The summed E-state index contributed by atoms with van der Waals surface area (Å²) in [5.74, 6) is 2.29. The van der Waals surface area contributed by atoms with Crippen LogP contribution in [0, 0.1) is 0 Å². The summed E-state index contributed by atoms with van der Waals surface area (Å²) in [6.45, 7) is 0.261. The molecule has 0 amide bonds. The van der Waals surface area contributed by atoms with Crippen molar-refractivity contribution >= 4 is 17.0 Å². The van der Waals surface area contributed by atoms with E-state index < -0.39 is 0 Å². The number of imidazole rings is 1. The number of hydrogen-bond acceptors (Lipinski definition) is 5. The van der Waals surface area contributed by atoms with Gasteiger partial charge in [0.05, 0.1) is 17.4 Å². The lowest BCUT2D eigenvalue weighted by Crippen LogP contribution is -2.01. The fraction of sp³-hybridized carbons (Fsp3) is 0.100. The predicted molar refractivity (Wildman–Crippen MR) is 100.0 cm³/mol. The van der Waals surface area contributed by atoms with Gasteiger partial charge in [-0.1, -0.05) is 18.2 Å². The van der Waals surface area contributed by atoms with Gasteiger partial charge in [-0.25, -0.2) is 4.98 Å². The molecule has 4 aromatic rings. The largest absolute Gasteiger partial charge is 0.454 e. The minimum Gasteiger partial charge on any atom is -0.454 e. The molecule has 1 aliphatic rings. The lowest BCUT2D eigenvalue weighted by atomic mass is 10.1. The average molecular weight is 344 g/mol. The first kappa shape index (κ1) is 14.8.